The maximum atomic E-state index is 13.0. The lowest BCUT2D eigenvalue weighted by Gasteiger charge is -2.34. The number of aromatic nitrogens is 12. The first-order valence-corrected chi connectivity index (χ1v) is 44.0. The number of aryl methyl sites for hydroxylation is 11. The zero-order chi connectivity index (χ0) is 90.7. The maximum Gasteiger partial charge on any atom is 0.414 e. The molecule has 1 saturated heterocycles. The summed E-state index contributed by atoms with van der Waals surface area (Å²) in [6, 6.07) is 44.3. The van der Waals surface area contributed by atoms with Crippen molar-refractivity contribution in [3.05, 3.63) is 247 Å². The molecule has 8 aromatic heterocycles. The van der Waals surface area contributed by atoms with E-state index in [2.05, 4.69) is 92.6 Å². The summed E-state index contributed by atoms with van der Waals surface area (Å²) in [5.41, 5.74) is 17.7. The molecule has 5 aliphatic rings. The van der Waals surface area contributed by atoms with Gasteiger partial charge < -0.3 is 71.6 Å². The number of fused-ring (bicyclic) bond motifs is 12. The fraction of sp³-hybridized carbons (Fsp3) is 0.396. The average Bonchev–Trinajstić information content (AvgIpc) is 1.53. The number of hydrogen-bond donors (Lipinski definition) is 3. The van der Waals surface area contributed by atoms with E-state index >= 15 is 0 Å². The van der Waals surface area contributed by atoms with Crippen LogP contribution in [0.3, 0.4) is 0 Å². The Labute approximate surface area is 746 Å². The molecular formula is C96H111N19O14. The highest BCUT2D eigenvalue weighted by Gasteiger charge is 2.37. The van der Waals surface area contributed by atoms with Gasteiger partial charge >= 0.3 is 24.4 Å². The van der Waals surface area contributed by atoms with Gasteiger partial charge in [0.05, 0.1) is 127 Å². The van der Waals surface area contributed by atoms with Gasteiger partial charge in [-0.1, -0.05) is 53.7 Å². The van der Waals surface area contributed by atoms with Crippen molar-refractivity contribution in [1.82, 2.24) is 73.4 Å². The third-order valence-corrected chi connectivity index (χ3v) is 24.6. The van der Waals surface area contributed by atoms with Crippen molar-refractivity contribution >= 4 is 103 Å². The van der Waals surface area contributed by atoms with Crippen LogP contribution in [-0.4, -0.2) is 191 Å². The fourth-order valence-corrected chi connectivity index (χ4v) is 17.8. The summed E-state index contributed by atoms with van der Waals surface area (Å²) in [5, 5.41) is 9.72. The smallest absolute Gasteiger partial charge is 0.414 e. The summed E-state index contributed by atoms with van der Waals surface area (Å²) in [5.74, 6) is 3.65. The molecular weight excluding hydrogens is 1640 g/mol. The first-order valence-electron chi connectivity index (χ1n) is 44.0. The summed E-state index contributed by atoms with van der Waals surface area (Å²) in [4.78, 5) is 137. The van der Waals surface area contributed by atoms with Gasteiger partial charge in [-0.3, -0.25) is 43.8 Å². The first-order chi connectivity index (χ1) is 62.5. The van der Waals surface area contributed by atoms with Gasteiger partial charge in [0.1, 0.15) is 36.4 Å². The number of nitrogens with one attached hydrogen (secondary N) is 3. The Kier molecular flexibility index (Phi) is 28.2. The molecule has 0 saturated carbocycles. The van der Waals surface area contributed by atoms with E-state index in [9.17, 15) is 38.4 Å². The van der Waals surface area contributed by atoms with E-state index in [-0.39, 0.29) is 85.0 Å². The van der Waals surface area contributed by atoms with Crippen LogP contribution in [-0.2, 0) is 130 Å². The second-order valence-corrected chi connectivity index (χ2v) is 33.5. The molecule has 13 aromatic rings. The number of H-pyrrole nitrogens is 1. The van der Waals surface area contributed by atoms with Crippen molar-refractivity contribution in [2.75, 3.05) is 81.9 Å². The number of carbonyl (C=O) groups excluding carboxylic acids is 6. The highest BCUT2D eigenvalue weighted by atomic mass is 16.6. The largest absolute Gasteiger partial charge is 0.452 e. The number of hydrogen-bond acceptors (Lipinski definition) is 21. The van der Waals surface area contributed by atoms with Gasteiger partial charge in [0, 0.05) is 141 Å². The van der Waals surface area contributed by atoms with Crippen LogP contribution in [0.2, 0.25) is 0 Å². The number of likely N-dealkylation sites (N-methyl/N-ethyl adjacent to an activating group) is 1. The molecule has 33 nitrogen and oxygen atoms in total. The Morgan fingerprint density at radius 3 is 1.40 bits per heavy atom. The number of nitrogens with zero attached hydrogens (tertiary/aromatic N) is 16. The van der Waals surface area contributed by atoms with Crippen LogP contribution < -0.4 is 41.4 Å². The average molecular weight is 1760 g/mol. The van der Waals surface area contributed by atoms with Crippen LogP contribution in [0.25, 0.3) is 44.1 Å². The van der Waals surface area contributed by atoms with Crippen molar-refractivity contribution in [3.8, 4) is 0 Å². The highest BCUT2D eigenvalue weighted by Crippen LogP contribution is 2.42. The van der Waals surface area contributed by atoms with Crippen LogP contribution in [0.1, 0.15) is 122 Å². The quantitative estimate of drug-likeness (QED) is 0.0562. The molecule has 0 aliphatic carbocycles. The molecule has 129 heavy (non-hydrogen) atoms. The zero-order valence-electron chi connectivity index (χ0n) is 74.8. The Balaban J connectivity index is 0.000000133. The number of carbonyl (C=O) groups is 6. The zero-order valence-corrected chi connectivity index (χ0v) is 74.8. The second kappa shape index (κ2) is 40.4. The van der Waals surface area contributed by atoms with Crippen LogP contribution in [0.15, 0.2) is 172 Å². The number of anilines is 4. The number of methoxy groups -OCH3 is 4. The van der Waals surface area contributed by atoms with E-state index in [1.807, 2.05) is 116 Å². The van der Waals surface area contributed by atoms with E-state index in [0.29, 0.717) is 56.6 Å². The van der Waals surface area contributed by atoms with Gasteiger partial charge in [-0.15, -0.1) is 0 Å². The predicted octanol–water partition coefficient (Wildman–Crippen LogP) is 12.6. The summed E-state index contributed by atoms with van der Waals surface area (Å²) in [7, 11) is 9.80. The monoisotopic (exact) mass is 1750 g/mol. The number of rotatable bonds is 21. The molecule has 5 aliphatic heterocycles. The molecule has 0 bridgehead atoms. The number of ether oxygens (including phenoxy) is 5. The Hall–Kier alpha value is -13.8. The summed E-state index contributed by atoms with van der Waals surface area (Å²) >= 11 is 0. The van der Waals surface area contributed by atoms with E-state index < -0.39 is 12.2 Å². The summed E-state index contributed by atoms with van der Waals surface area (Å²) < 4.78 is 39.8. The molecule has 3 N–H and O–H groups in total. The number of pyridine rings is 3. The Morgan fingerprint density at radius 1 is 0.496 bits per heavy atom. The molecule has 13 heterocycles. The normalized spacial score (nSPS) is 16.3. The van der Waals surface area contributed by atoms with Crippen LogP contribution >= 0.6 is 0 Å². The van der Waals surface area contributed by atoms with Crippen molar-refractivity contribution < 1.29 is 57.0 Å². The van der Waals surface area contributed by atoms with Gasteiger partial charge in [0.15, 0.2) is 5.76 Å². The Bertz CT molecular complexity index is 6360. The molecule has 6 amide bonds. The van der Waals surface area contributed by atoms with Gasteiger partial charge in [-0.25, -0.2) is 39.1 Å². The predicted molar refractivity (Wildman–Crippen MR) is 490 cm³/mol. The molecule has 33 heteroatoms. The van der Waals surface area contributed by atoms with Crippen molar-refractivity contribution in [3.63, 3.8) is 0 Å². The van der Waals surface area contributed by atoms with Gasteiger partial charge in [-0.05, 0) is 185 Å². The van der Waals surface area contributed by atoms with E-state index in [0.717, 1.165) is 196 Å². The second-order valence-electron chi connectivity index (χ2n) is 33.5. The minimum Gasteiger partial charge on any atom is -0.452 e. The van der Waals surface area contributed by atoms with E-state index in [1.54, 1.807) is 59.3 Å². The fourth-order valence-electron chi connectivity index (χ4n) is 17.8. The molecule has 674 valence electrons. The summed E-state index contributed by atoms with van der Waals surface area (Å²) in [6.07, 6.45) is 13.9. The van der Waals surface area contributed by atoms with Crippen molar-refractivity contribution in [1.29, 1.82) is 0 Å². The molecule has 0 spiro atoms. The maximum absolute atomic E-state index is 13.0. The number of aromatic amines is 1. The third kappa shape index (κ3) is 20.0. The minimum absolute atomic E-state index is 0.00869. The van der Waals surface area contributed by atoms with E-state index in [4.69, 9.17) is 48.1 Å². The van der Waals surface area contributed by atoms with Crippen molar-refractivity contribution in [2.45, 2.75) is 188 Å². The summed E-state index contributed by atoms with van der Waals surface area (Å²) in [6.45, 7) is 14.0. The lowest BCUT2D eigenvalue weighted by atomic mass is 9.96. The lowest BCUT2D eigenvalue weighted by molar-refractivity contribution is -0.125. The third-order valence-electron chi connectivity index (χ3n) is 24.6. The standard InChI is InChI=1S/C27H30N6O5.C25H29N5O5.C24H30N4O2.C20H22N4O2/c1-17-14-19(38-30-17)15-28-24(34)16-32-22-10-9-21-20(8-7-18(2)33(21)27(36)37-3)26(22)29-23(32)11-13-31-12-5-4-6-25(31)35;1-16-6-7-18-19(30(16)25(33)34-2)8-9-20-24(18)27-21(10-12-28-11-4-3-5-23(28)32)29(20)13-22(31)26-17-14-35-15-17;1-17-10-11-19-20(28(17)24(29)30-4)12-13-21-23(19)25-22(27(21)15-14-26(2)3)16-18-8-6-5-7-9-18;1-13-6-8-15-17(24(13)20(25)26-2)10-9-16-19(15)23-18(22-16)11-7-14-5-3-4-12-21-14/h4-6,9-10,12,14,18H,7-8,11,13,15-16H2,1-3H3,(H,28,34);3-5,8-9,11,16-17H,6-7,10,12-15H2,1-2H3,(H,26,31);5-9,12-13,17H,10-11,14-16H2,1-4H3;3-5,9-10,12-13H,6-8,11H2,1-2H3,(H,22,23)/t18-;16-;17-;13-/m0000/s1. The SMILES string of the molecule is COC(=O)N1c2ccc3[nH]c(CCc4ccccn4)nc3c2CC[C@@H]1C.COC(=O)N1c2ccc3c(nc(CCn4ccccc4=O)n3CC(=O)NC3COC3)c2CC[C@@H]1C.COC(=O)N1c2ccc3c(nc(CCn4ccccc4=O)n3CC(=O)NCc3cc(C)no3)c2CC[C@@H]1C.COC(=O)N1c2ccc3c(nc(Cc4ccccc4)n3CCN(C)C)c2CC[C@@H]1C. The number of benzene rings is 5. The number of amides is 6. The highest BCUT2D eigenvalue weighted by molar-refractivity contribution is 5.99. The van der Waals surface area contributed by atoms with Gasteiger partial charge in [-0.2, -0.15) is 0 Å². The minimum atomic E-state index is -0.414. The molecule has 0 radical (unpaired) electrons. The van der Waals surface area contributed by atoms with Crippen molar-refractivity contribution in [2.24, 2.45) is 0 Å². The first kappa shape index (κ1) is 90.0. The molecule has 0 unspecified atom stereocenters. The van der Waals surface area contributed by atoms with E-state index in [1.165, 1.54) is 46.1 Å². The van der Waals surface area contributed by atoms with Gasteiger partial charge in [0.2, 0.25) is 11.8 Å². The molecule has 4 atom stereocenters. The van der Waals surface area contributed by atoms with Gasteiger partial charge in [0.25, 0.3) is 11.1 Å². The van der Waals surface area contributed by atoms with Crippen LogP contribution in [0.4, 0.5) is 41.9 Å². The Morgan fingerprint density at radius 2 is 0.953 bits per heavy atom. The van der Waals surface area contributed by atoms with Crippen LogP contribution in [0, 0.1) is 6.92 Å². The number of imidazole rings is 4. The molecule has 5 aromatic carbocycles. The van der Waals surface area contributed by atoms with Crippen LogP contribution in [0.5, 0.6) is 0 Å². The lowest BCUT2D eigenvalue weighted by Crippen LogP contribution is -2.49. The topological polar surface area (TPSA) is 354 Å². The molecule has 1 fully saturated rings. The molecule has 18 rings (SSSR count).